The van der Waals surface area contributed by atoms with Crippen molar-refractivity contribution in [2.24, 2.45) is 0 Å². The van der Waals surface area contributed by atoms with Crippen LogP contribution in [0.2, 0.25) is 0 Å². The summed E-state index contributed by atoms with van der Waals surface area (Å²) in [5.74, 6) is -0.635. The Kier molecular flexibility index (Phi) is 4.33. The lowest BCUT2D eigenvalue weighted by molar-refractivity contribution is -0.385. The van der Waals surface area contributed by atoms with Crippen molar-refractivity contribution in [3.8, 4) is 22.6 Å². The maximum Gasteiger partial charge on any atom is 0.314 e. The van der Waals surface area contributed by atoms with E-state index in [4.69, 9.17) is 9.15 Å². The molecule has 1 heterocycles. The van der Waals surface area contributed by atoms with Crippen LogP contribution in [0.1, 0.15) is 0 Å². The average Bonchev–Trinajstić information content (AvgIpc) is 2.70. The highest BCUT2D eigenvalue weighted by Gasteiger charge is 2.18. The number of nitro groups is 1. The van der Waals surface area contributed by atoms with E-state index in [1.54, 1.807) is 0 Å². The molecule has 28 heavy (non-hydrogen) atoms. The Hall–Kier alpha value is -4.00. The summed E-state index contributed by atoms with van der Waals surface area (Å²) >= 11 is 0. The number of halogens is 1. The van der Waals surface area contributed by atoms with Crippen molar-refractivity contribution < 1.29 is 18.5 Å². The van der Waals surface area contributed by atoms with Crippen LogP contribution >= 0.6 is 0 Å². The first kappa shape index (κ1) is 17.4. The first-order valence-electron chi connectivity index (χ1n) is 8.26. The molecule has 0 radical (unpaired) electrons. The van der Waals surface area contributed by atoms with Crippen molar-refractivity contribution in [1.29, 1.82) is 0 Å². The zero-order valence-corrected chi connectivity index (χ0v) is 14.3. The molecule has 4 rings (SSSR count). The molecule has 0 amide bonds. The highest BCUT2D eigenvalue weighted by molar-refractivity contribution is 5.82. The van der Waals surface area contributed by atoms with Gasteiger partial charge in [0.25, 0.3) is 0 Å². The normalized spacial score (nSPS) is 10.8. The highest BCUT2D eigenvalue weighted by Crippen LogP contribution is 2.33. The molecule has 0 N–H and O–H groups in total. The molecular weight excluding hydrogens is 365 g/mol. The van der Waals surface area contributed by atoms with Crippen LogP contribution in [0.4, 0.5) is 10.1 Å². The molecular formula is C21H12FNO5. The van der Waals surface area contributed by atoms with E-state index < -0.39 is 16.4 Å². The largest absolute Gasteiger partial charge is 0.463 e. The minimum absolute atomic E-state index is 0.117. The number of nitro benzene ring substituents is 1. The number of fused-ring (bicyclic) bond motifs is 1. The molecule has 0 saturated heterocycles. The fourth-order valence-electron chi connectivity index (χ4n) is 2.84. The molecule has 0 fully saturated rings. The predicted molar refractivity (Wildman–Crippen MR) is 101 cm³/mol. The summed E-state index contributed by atoms with van der Waals surface area (Å²) < 4.78 is 24.4. The number of hydrogen-bond donors (Lipinski definition) is 0. The quantitative estimate of drug-likeness (QED) is 0.356. The summed E-state index contributed by atoms with van der Waals surface area (Å²) in [6, 6.07) is 16.6. The van der Waals surface area contributed by atoms with E-state index >= 15 is 0 Å². The summed E-state index contributed by atoms with van der Waals surface area (Å²) in [5, 5.41) is 11.4. The van der Waals surface area contributed by atoms with Gasteiger partial charge in [0, 0.05) is 6.07 Å². The first-order valence-corrected chi connectivity index (χ1v) is 8.26. The van der Waals surface area contributed by atoms with Crippen molar-refractivity contribution in [3.63, 3.8) is 0 Å². The second-order valence-electron chi connectivity index (χ2n) is 5.97. The van der Waals surface area contributed by atoms with Crippen LogP contribution in [0.5, 0.6) is 11.5 Å². The molecule has 0 unspecified atom stereocenters. The summed E-state index contributed by atoms with van der Waals surface area (Å²) in [6.45, 7) is 0. The van der Waals surface area contributed by atoms with Gasteiger partial charge in [-0.1, -0.05) is 30.3 Å². The van der Waals surface area contributed by atoms with Crippen LogP contribution in [0, 0.1) is 15.9 Å². The van der Waals surface area contributed by atoms with Crippen molar-refractivity contribution >= 4 is 16.7 Å². The summed E-state index contributed by atoms with van der Waals surface area (Å²) in [4.78, 5) is 23.1. The third-order valence-corrected chi connectivity index (χ3v) is 4.18. The minimum atomic E-state index is -0.739. The molecule has 1 aromatic heterocycles. The van der Waals surface area contributed by atoms with Crippen molar-refractivity contribution in [1.82, 2.24) is 0 Å². The van der Waals surface area contributed by atoms with E-state index in [-0.39, 0.29) is 22.5 Å². The number of benzene rings is 3. The van der Waals surface area contributed by atoms with E-state index in [1.165, 1.54) is 30.5 Å². The SMILES string of the molecule is O=c1c(-c2ccccc2)coc2cc(Oc3ccc(F)cc3[N+](=O)[O-])ccc12. The van der Waals surface area contributed by atoms with Gasteiger partial charge in [0.15, 0.2) is 5.43 Å². The number of rotatable bonds is 4. The van der Waals surface area contributed by atoms with Crippen LogP contribution in [-0.2, 0) is 0 Å². The van der Waals surface area contributed by atoms with Gasteiger partial charge in [-0.25, -0.2) is 4.39 Å². The highest BCUT2D eigenvalue weighted by atomic mass is 19.1. The molecule has 3 aromatic carbocycles. The standard InChI is InChI=1S/C21H12FNO5/c22-14-6-9-19(18(10-14)23(25)26)28-15-7-8-16-20(11-15)27-12-17(21(16)24)13-4-2-1-3-5-13/h1-12H. The maximum atomic E-state index is 13.3. The van der Waals surface area contributed by atoms with Gasteiger partial charge in [-0.3, -0.25) is 14.9 Å². The van der Waals surface area contributed by atoms with Gasteiger partial charge in [-0.05, 0) is 29.8 Å². The van der Waals surface area contributed by atoms with Crippen molar-refractivity contribution in [2.75, 3.05) is 0 Å². The van der Waals surface area contributed by atoms with E-state index in [0.717, 1.165) is 17.7 Å². The van der Waals surface area contributed by atoms with Crippen LogP contribution in [0.3, 0.4) is 0 Å². The summed E-state index contributed by atoms with van der Waals surface area (Å²) in [6.07, 6.45) is 1.37. The van der Waals surface area contributed by atoms with Crippen LogP contribution in [-0.4, -0.2) is 4.92 Å². The second kappa shape index (κ2) is 6.96. The summed E-state index contributed by atoms with van der Waals surface area (Å²) in [5.41, 5.74) is 0.732. The Balaban J connectivity index is 1.74. The van der Waals surface area contributed by atoms with Gasteiger partial charge in [-0.15, -0.1) is 0 Å². The van der Waals surface area contributed by atoms with E-state index in [1.807, 2.05) is 30.3 Å². The topological polar surface area (TPSA) is 82.6 Å². The Bertz CT molecular complexity index is 1250. The van der Waals surface area contributed by atoms with Gasteiger partial charge >= 0.3 is 5.69 Å². The monoisotopic (exact) mass is 377 g/mol. The molecule has 0 spiro atoms. The molecule has 4 aromatic rings. The van der Waals surface area contributed by atoms with Crippen LogP contribution < -0.4 is 10.2 Å². The Morgan fingerprint density at radius 1 is 1.00 bits per heavy atom. The molecule has 0 aliphatic heterocycles. The third-order valence-electron chi connectivity index (χ3n) is 4.18. The molecule has 7 heteroatoms. The molecule has 0 atom stereocenters. The lowest BCUT2D eigenvalue weighted by Gasteiger charge is -2.08. The van der Waals surface area contributed by atoms with Crippen LogP contribution in [0.15, 0.2) is 82.2 Å². The number of hydrogen-bond acceptors (Lipinski definition) is 5. The predicted octanol–water partition coefficient (Wildman–Crippen LogP) is 5.30. The van der Waals surface area contributed by atoms with Gasteiger partial charge < -0.3 is 9.15 Å². The minimum Gasteiger partial charge on any atom is -0.463 e. The summed E-state index contributed by atoms with van der Waals surface area (Å²) in [7, 11) is 0. The van der Waals surface area contributed by atoms with E-state index in [2.05, 4.69) is 0 Å². The molecule has 0 aliphatic carbocycles. The van der Waals surface area contributed by atoms with Crippen molar-refractivity contribution in [3.05, 3.63) is 99.1 Å². The third kappa shape index (κ3) is 3.21. The first-order chi connectivity index (χ1) is 13.5. The Labute approximate surface area is 157 Å². The fraction of sp³-hybridized carbons (Fsp3) is 0. The molecule has 0 aliphatic rings. The average molecular weight is 377 g/mol. The van der Waals surface area contributed by atoms with Gasteiger partial charge in [0.1, 0.15) is 23.4 Å². The van der Waals surface area contributed by atoms with Crippen LogP contribution in [0.25, 0.3) is 22.1 Å². The van der Waals surface area contributed by atoms with Gasteiger partial charge in [0.2, 0.25) is 5.75 Å². The maximum absolute atomic E-state index is 13.3. The zero-order chi connectivity index (χ0) is 19.7. The number of nitrogens with zero attached hydrogens (tertiary/aromatic N) is 1. The second-order valence-corrected chi connectivity index (χ2v) is 5.97. The molecule has 6 nitrogen and oxygen atoms in total. The number of ether oxygens (including phenoxy) is 1. The lowest BCUT2D eigenvalue weighted by Crippen LogP contribution is -2.04. The lowest BCUT2D eigenvalue weighted by atomic mass is 10.1. The molecule has 138 valence electrons. The van der Waals surface area contributed by atoms with Gasteiger partial charge in [-0.2, -0.15) is 0 Å². The van der Waals surface area contributed by atoms with E-state index in [9.17, 15) is 19.3 Å². The Morgan fingerprint density at radius 2 is 1.79 bits per heavy atom. The Morgan fingerprint density at radius 3 is 2.54 bits per heavy atom. The molecule has 0 bridgehead atoms. The fourth-order valence-corrected chi connectivity index (χ4v) is 2.84. The zero-order valence-electron chi connectivity index (χ0n) is 14.3. The van der Waals surface area contributed by atoms with E-state index in [0.29, 0.717) is 10.9 Å². The smallest absolute Gasteiger partial charge is 0.314 e. The van der Waals surface area contributed by atoms with Crippen molar-refractivity contribution in [2.45, 2.75) is 0 Å². The molecule has 0 saturated carbocycles. The van der Waals surface area contributed by atoms with Gasteiger partial charge in [0.05, 0.1) is 21.9 Å².